The largest absolute Gasteiger partial charge is 0.496 e. The first-order valence-electron chi connectivity index (χ1n) is 5.96. The summed E-state index contributed by atoms with van der Waals surface area (Å²) in [6.07, 6.45) is 1.64. The van der Waals surface area contributed by atoms with Gasteiger partial charge in [0, 0.05) is 5.56 Å². The zero-order valence-electron chi connectivity index (χ0n) is 10.9. The highest BCUT2D eigenvalue weighted by molar-refractivity contribution is 5.88. The number of ether oxygens (including phenoxy) is 1. The van der Waals surface area contributed by atoms with E-state index in [1.54, 1.807) is 25.5 Å². The number of methoxy groups -OCH3 is 1. The summed E-state index contributed by atoms with van der Waals surface area (Å²) in [4.78, 5) is 10.7. The molecule has 2 aromatic carbocycles. The second-order valence-electron chi connectivity index (χ2n) is 3.99. The van der Waals surface area contributed by atoms with E-state index in [-0.39, 0.29) is 5.56 Å². The van der Waals surface area contributed by atoms with Crippen molar-refractivity contribution in [3.8, 4) is 5.75 Å². The number of benzene rings is 2. The second-order valence-corrected chi connectivity index (χ2v) is 3.99. The second kappa shape index (κ2) is 6.38. The summed E-state index contributed by atoms with van der Waals surface area (Å²) < 4.78 is 5.21. The number of nitrogens with zero attached hydrogens (tertiary/aromatic N) is 1. The van der Waals surface area contributed by atoms with E-state index >= 15 is 0 Å². The van der Waals surface area contributed by atoms with Crippen LogP contribution in [0.4, 0.5) is 5.69 Å². The van der Waals surface area contributed by atoms with Crippen LogP contribution in [-0.2, 0) is 0 Å². The van der Waals surface area contributed by atoms with E-state index in [2.05, 4.69) is 10.5 Å². The molecule has 0 heterocycles. The molecule has 20 heavy (non-hydrogen) atoms. The number of hydrazone groups is 1. The third-order valence-corrected chi connectivity index (χ3v) is 2.67. The summed E-state index contributed by atoms with van der Waals surface area (Å²) in [5.41, 5.74) is 4.63. The van der Waals surface area contributed by atoms with E-state index in [0.29, 0.717) is 5.69 Å². The van der Waals surface area contributed by atoms with E-state index in [9.17, 15) is 4.79 Å². The Morgan fingerprint density at radius 2 is 1.90 bits per heavy atom. The van der Waals surface area contributed by atoms with Crippen molar-refractivity contribution in [2.45, 2.75) is 0 Å². The molecule has 0 aromatic heterocycles. The number of hydrogen-bond acceptors (Lipinski definition) is 4. The van der Waals surface area contributed by atoms with Gasteiger partial charge in [-0.25, -0.2) is 4.79 Å². The number of nitrogens with one attached hydrogen (secondary N) is 1. The summed E-state index contributed by atoms with van der Waals surface area (Å²) in [6.45, 7) is 0. The van der Waals surface area contributed by atoms with Gasteiger partial charge in [0.2, 0.25) is 0 Å². The Balaban J connectivity index is 2.04. The molecule has 0 saturated heterocycles. The molecule has 5 nitrogen and oxygen atoms in total. The van der Waals surface area contributed by atoms with E-state index in [1.165, 1.54) is 12.1 Å². The van der Waals surface area contributed by atoms with Crippen LogP contribution in [0.1, 0.15) is 15.9 Å². The molecule has 0 aliphatic carbocycles. The number of anilines is 1. The highest BCUT2D eigenvalue weighted by Crippen LogP contribution is 2.15. The molecule has 2 N–H and O–H groups in total. The van der Waals surface area contributed by atoms with Crippen molar-refractivity contribution in [1.82, 2.24) is 0 Å². The molecule has 0 aliphatic heterocycles. The zero-order valence-corrected chi connectivity index (χ0v) is 10.9. The highest BCUT2D eigenvalue weighted by Gasteiger charge is 2.01. The molecule has 0 aliphatic rings. The van der Waals surface area contributed by atoms with Crippen molar-refractivity contribution in [3.63, 3.8) is 0 Å². The van der Waals surface area contributed by atoms with Gasteiger partial charge in [0.05, 0.1) is 24.6 Å². The maximum absolute atomic E-state index is 10.7. The maximum atomic E-state index is 10.7. The van der Waals surface area contributed by atoms with Gasteiger partial charge in [0.15, 0.2) is 0 Å². The summed E-state index contributed by atoms with van der Waals surface area (Å²) in [6, 6.07) is 13.9. The number of carbonyl (C=O) groups is 1. The standard InChI is InChI=1S/C15H14N2O3/c1-20-14-5-3-2-4-12(14)10-16-17-13-8-6-11(7-9-13)15(18)19/h2-10,17H,1H3,(H,18,19). The fourth-order valence-electron chi connectivity index (χ4n) is 1.64. The number of carboxylic acids is 1. The van der Waals surface area contributed by atoms with Gasteiger partial charge >= 0.3 is 5.97 Å². The number of rotatable bonds is 5. The Kier molecular flexibility index (Phi) is 4.34. The fraction of sp³-hybridized carbons (Fsp3) is 0.0667. The van der Waals surface area contributed by atoms with Gasteiger partial charge in [0.25, 0.3) is 0 Å². The minimum absolute atomic E-state index is 0.240. The van der Waals surface area contributed by atoms with E-state index in [0.717, 1.165) is 11.3 Å². The van der Waals surface area contributed by atoms with Gasteiger partial charge in [0.1, 0.15) is 5.75 Å². The van der Waals surface area contributed by atoms with Crippen molar-refractivity contribution >= 4 is 17.9 Å². The number of para-hydroxylation sites is 1. The molecule has 2 aromatic rings. The molecule has 0 unspecified atom stereocenters. The first-order chi connectivity index (χ1) is 9.70. The van der Waals surface area contributed by atoms with Crippen LogP contribution in [0.5, 0.6) is 5.75 Å². The summed E-state index contributed by atoms with van der Waals surface area (Å²) >= 11 is 0. The lowest BCUT2D eigenvalue weighted by Crippen LogP contribution is -1.97. The smallest absolute Gasteiger partial charge is 0.335 e. The van der Waals surface area contributed by atoms with Crippen LogP contribution >= 0.6 is 0 Å². The van der Waals surface area contributed by atoms with Gasteiger partial charge in [-0.2, -0.15) is 5.10 Å². The molecule has 0 radical (unpaired) electrons. The monoisotopic (exact) mass is 270 g/mol. The lowest BCUT2D eigenvalue weighted by molar-refractivity contribution is 0.0697. The molecule has 102 valence electrons. The molecule has 0 saturated carbocycles. The molecular formula is C15H14N2O3. The van der Waals surface area contributed by atoms with Crippen LogP contribution in [0.3, 0.4) is 0 Å². The van der Waals surface area contributed by atoms with Gasteiger partial charge in [-0.05, 0) is 36.4 Å². The van der Waals surface area contributed by atoms with Crippen LogP contribution in [0, 0.1) is 0 Å². The third-order valence-electron chi connectivity index (χ3n) is 2.67. The van der Waals surface area contributed by atoms with Gasteiger partial charge in [-0.1, -0.05) is 12.1 Å². The molecule has 2 rings (SSSR count). The van der Waals surface area contributed by atoms with Crippen molar-refractivity contribution in [3.05, 3.63) is 59.7 Å². The van der Waals surface area contributed by atoms with Gasteiger partial charge in [-0.3, -0.25) is 5.43 Å². The molecule has 0 atom stereocenters. The number of carboxylic acid groups (broad SMARTS) is 1. The molecule has 0 amide bonds. The van der Waals surface area contributed by atoms with Gasteiger partial charge < -0.3 is 9.84 Å². The summed E-state index contributed by atoms with van der Waals surface area (Å²) in [5.74, 6) is -0.214. The lowest BCUT2D eigenvalue weighted by Gasteiger charge is -2.04. The van der Waals surface area contributed by atoms with Crippen LogP contribution in [-0.4, -0.2) is 24.4 Å². The Bertz CT molecular complexity index is 621. The molecule has 0 spiro atoms. The SMILES string of the molecule is COc1ccccc1C=NNc1ccc(C(=O)O)cc1. The van der Waals surface area contributed by atoms with Crippen molar-refractivity contribution in [2.75, 3.05) is 12.5 Å². The summed E-state index contributed by atoms with van der Waals surface area (Å²) in [7, 11) is 1.60. The van der Waals surface area contributed by atoms with Gasteiger partial charge in [-0.15, -0.1) is 0 Å². The molecular weight excluding hydrogens is 256 g/mol. The Morgan fingerprint density at radius 3 is 2.55 bits per heavy atom. The van der Waals surface area contributed by atoms with Crippen molar-refractivity contribution in [2.24, 2.45) is 5.10 Å². The summed E-state index contributed by atoms with van der Waals surface area (Å²) in [5, 5.41) is 12.9. The number of hydrogen-bond donors (Lipinski definition) is 2. The van der Waals surface area contributed by atoms with E-state index in [1.807, 2.05) is 24.3 Å². The van der Waals surface area contributed by atoms with E-state index < -0.39 is 5.97 Å². The molecule has 0 fully saturated rings. The lowest BCUT2D eigenvalue weighted by atomic mass is 10.2. The zero-order chi connectivity index (χ0) is 14.4. The predicted molar refractivity (Wildman–Crippen MR) is 77.6 cm³/mol. The van der Waals surface area contributed by atoms with Crippen LogP contribution < -0.4 is 10.2 Å². The molecule has 5 heteroatoms. The minimum Gasteiger partial charge on any atom is -0.496 e. The highest BCUT2D eigenvalue weighted by atomic mass is 16.5. The maximum Gasteiger partial charge on any atom is 0.335 e. The van der Waals surface area contributed by atoms with Crippen LogP contribution in [0.25, 0.3) is 0 Å². The normalized spacial score (nSPS) is 10.4. The first-order valence-corrected chi connectivity index (χ1v) is 5.96. The van der Waals surface area contributed by atoms with E-state index in [4.69, 9.17) is 9.84 Å². The van der Waals surface area contributed by atoms with Crippen LogP contribution in [0.2, 0.25) is 0 Å². The third kappa shape index (κ3) is 3.35. The predicted octanol–water partition coefficient (Wildman–Crippen LogP) is 2.84. The number of aromatic carboxylic acids is 1. The Hall–Kier alpha value is -2.82. The van der Waals surface area contributed by atoms with Crippen molar-refractivity contribution in [1.29, 1.82) is 0 Å². The average Bonchev–Trinajstić information content (AvgIpc) is 2.48. The topological polar surface area (TPSA) is 70.9 Å². The minimum atomic E-state index is -0.950. The Morgan fingerprint density at radius 1 is 1.20 bits per heavy atom. The van der Waals surface area contributed by atoms with Crippen LogP contribution in [0.15, 0.2) is 53.6 Å². The Labute approximate surface area is 116 Å². The first kappa shape index (κ1) is 13.6. The quantitative estimate of drug-likeness (QED) is 0.647. The molecule has 0 bridgehead atoms. The van der Waals surface area contributed by atoms with Crippen molar-refractivity contribution < 1.29 is 14.6 Å². The fourth-order valence-corrected chi connectivity index (χ4v) is 1.64. The average molecular weight is 270 g/mol.